The molecule has 0 bridgehead atoms. The van der Waals surface area contributed by atoms with Crippen molar-refractivity contribution < 1.29 is 14.3 Å². The summed E-state index contributed by atoms with van der Waals surface area (Å²) in [6, 6.07) is 6.80. The summed E-state index contributed by atoms with van der Waals surface area (Å²) < 4.78 is 4.73. The standard InChI is InChI=1S/C16H19N3O3/c1-10(16(21)22-2)11-6-8-12(9-7-11)15(18-19-17)13-4-3-5-14(13)20/h6-10,13,15H,3-5H2,1-2H3. The first-order chi connectivity index (χ1) is 10.6. The monoisotopic (exact) mass is 301 g/mol. The van der Waals surface area contributed by atoms with Crippen molar-refractivity contribution in [3.05, 3.63) is 45.8 Å². The normalized spacial score (nSPS) is 20.1. The van der Waals surface area contributed by atoms with Crippen LogP contribution < -0.4 is 0 Å². The summed E-state index contributed by atoms with van der Waals surface area (Å²) in [6.45, 7) is 1.77. The molecule has 0 saturated heterocycles. The number of hydrogen-bond donors (Lipinski definition) is 0. The molecule has 1 aromatic carbocycles. The molecule has 0 heterocycles. The fourth-order valence-electron chi connectivity index (χ4n) is 2.91. The highest BCUT2D eigenvalue weighted by molar-refractivity contribution is 5.83. The highest BCUT2D eigenvalue weighted by atomic mass is 16.5. The number of Topliss-reactive ketones (excluding diaryl/α,β-unsaturated/α-hetero) is 1. The summed E-state index contributed by atoms with van der Waals surface area (Å²) in [4.78, 5) is 26.4. The van der Waals surface area contributed by atoms with E-state index in [1.807, 2.05) is 24.3 Å². The van der Waals surface area contributed by atoms with Crippen LogP contribution in [-0.2, 0) is 14.3 Å². The smallest absolute Gasteiger partial charge is 0.312 e. The van der Waals surface area contributed by atoms with Crippen LogP contribution in [0.4, 0.5) is 0 Å². The number of ketones is 1. The van der Waals surface area contributed by atoms with Crippen LogP contribution in [0.15, 0.2) is 29.4 Å². The van der Waals surface area contributed by atoms with Crippen LogP contribution in [0.2, 0.25) is 0 Å². The van der Waals surface area contributed by atoms with E-state index in [0.717, 1.165) is 24.0 Å². The third-order valence-electron chi connectivity index (χ3n) is 4.24. The molecule has 3 unspecified atom stereocenters. The van der Waals surface area contributed by atoms with Crippen molar-refractivity contribution in [3.8, 4) is 0 Å². The predicted octanol–water partition coefficient (Wildman–Crippen LogP) is 3.68. The van der Waals surface area contributed by atoms with Gasteiger partial charge in [0.25, 0.3) is 0 Å². The molecule has 116 valence electrons. The Kier molecular flexibility index (Phi) is 5.17. The fourth-order valence-corrected chi connectivity index (χ4v) is 2.91. The van der Waals surface area contributed by atoms with Gasteiger partial charge < -0.3 is 4.74 Å². The molecule has 0 N–H and O–H groups in total. The van der Waals surface area contributed by atoms with Gasteiger partial charge in [0.2, 0.25) is 0 Å². The van der Waals surface area contributed by atoms with Gasteiger partial charge in [-0.1, -0.05) is 29.4 Å². The zero-order valence-corrected chi connectivity index (χ0v) is 12.7. The van der Waals surface area contributed by atoms with Gasteiger partial charge in [0, 0.05) is 17.3 Å². The molecule has 6 heteroatoms. The van der Waals surface area contributed by atoms with Crippen molar-refractivity contribution >= 4 is 11.8 Å². The summed E-state index contributed by atoms with van der Waals surface area (Å²) in [7, 11) is 1.36. The Morgan fingerprint density at radius 3 is 2.50 bits per heavy atom. The van der Waals surface area contributed by atoms with E-state index in [0.29, 0.717) is 6.42 Å². The third kappa shape index (κ3) is 3.28. The summed E-state index contributed by atoms with van der Waals surface area (Å²) in [5.41, 5.74) is 10.4. The number of rotatable bonds is 5. The molecule has 0 aliphatic heterocycles. The molecular weight excluding hydrogens is 282 g/mol. The third-order valence-corrected chi connectivity index (χ3v) is 4.24. The van der Waals surface area contributed by atoms with Gasteiger partial charge in [-0.05, 0) is 36.4 Å². The van der Waals surface area contributed by atoms with Crippen molar-refractivity contribution in [2.75, 3.05) is 7.11 Å². The van der Waals surface area contributed by atoms with Crippen molar-refractivity contribution in [2.45, 2.75) is 38.1 Å². The van der Waals surface area contributed by atoms with E-state index in [-0.39, 0.29) is 23.6 Å². The molecule has 22 heavy (non-hydrogen) atoms. The van der Waals surface area contributed by atoms with Gasteiger partial charge in [-0.2, -0.15) is 0 Å². The van der Waals surface area contributed by atoms with E-state index in [2.05, 4.69) is 10.0 Å². The lowest BCUT2D eigenvalue weighted by molar-refractivity contribution is -0.142. The minimum Gasteiger partial charge on any atom is -0.469 e. The van der Waals surface area contributed by atoms with E-state index in [9.17, 15) is 9.59 Å². The lowest BCUT2D eigenvalue weighted by Crippen LogP contribution is -2.15. The number of nitrogens with zero attached hydrogens (tertiary/aromatic N) is 3. The van der Waals surface area contributed by atoms with E-state index in [1.54, 1.807) is 6.92 Å². The maximum atomic E-state index is 11.9. The maximum Gasteiger partial charge on any atom is 0.312 e. The van der Waals surface area contributed by atoms with Crippen molar-refractivity contribution in [1.29, 1.82) is 0 Å². The quantitative estimate of drug-likeness (QED) is 0.359. The van der Waals surface area contributed by atoms with Gasteiger partial charge in [-0.3, -0.25) is 9.59 Å². The van der Waals surface area contributed by atoms with E-state index >= 15 is 0 Å². The Labute approximate surface area is 129 Å². The fraction of sp³-hybridized carbons (Fsp3) is 0.500. The van der Waals surface area contributed by atoms with Crippen LogP contribution in [-0.4, -0.2) is 18.9 Å². The summed E-state index contributed by atoms with van der Waals surface area (Å²) in [6.07, 6.45) is 2.15. The average Bonchev–Trinajstić information content (AvgIpc) is 2.97. The maximum absolute atomic E-state index is 11.9. The zero-order valence-electron chi connectivity index (χ0n) is 12.7. The lowest BCUT2D eigenvalue weighted by Gasteiger charge is -2.18. The van der Waals surface area contributed by atoms with Gasteiger partial charge in [-0.25, -0.2) is 0 Å². The Balaban J connectivity index is 2.24. The van der Waals surface area contributed by atoms with Crippen LogP contribution in [0.3, 0.4) is 0 Å². The summed E-state index contributed by atoms with van der Waals surface area (Å²) >= 11 is 0. The molecule has 1 aliphatic carbocycles. The van der Waals surface area contributed by atoms with Crippen molar-refractivity contribution in [2.24, 2.45) is 11.0 Å². The van der Waals surface area contributed by atoms with Crippen LogP contribution in [0.25, 0.3) is 10.4 Å². The molecule has 1 saturated carbocycles. The number of benzene rings is 1. The zero-order chi connectivity index (χ0) is 16.1. The summed E-state index contributed by atoms with van der Waals surface area (Å²) in [5, 5.41) is 3.82. The largest absolute Gasteiger partial charge is 0.469 e. The molecule has 3 atom stereocenters. The first-order valence-corrected chi connectivity index (χ1v) is 7.33. The van der Waals surface area contributed by atoms with Gasteiger partial charge in [-0.15, -0.1) is 0 Å². The number of esters is 1. The van der Waals surface area contributed by atoms with Crippen LogP contribution in [0, 0.1) is 5.92 Å². The number of azide groups is 1. The van der Waals surface area contributed by atoms with Crippen LogP contribution >= 0.6 is 0 Å². The Bertz CT molecular complexity index is 606. The SMILES string of the molecule is COC(=O)C(C)c1ccc(C(N=[N+]=[N-])C2CCCC2=O)cc1. The molecular formula is C16H19N3O3. The predicted molar refractivity (Wildman–Crippen MR) is 81.1 cm³/mol. The molecule has 0 spiro atoms. The number of hydrogen-bond acceptors (Lipinski definition) is 4. The number of ether oxygens (including phenoxy) is 1. The van der Waals surface area contributed by atoms with Gasteiger partial charge in [0.1, 0.15) is 5.78 Å². The van der Waals surface area contributed by atoms with Crippen molar-refractivity contribution in [3.63, 3.8) is 0 Å². The second-order valence-corrected chi connectivity index (χ2v) is 5.53. The highest BCUT2D eigenvalue weighted by Gasteiger charge is 2.32. The van der Waals surface area contributed by atoms with E-state index in [1.165, 1.54) is 7.11 Å². The Morgan fingerprint density at radius 1 is 1.36 bits per heavy atom. The van der Waals surface area contributed by atoms with Crippen molar-refractivity contribution in [1.82, 2.24) is 0 Å². The molecule has 1 aliphatic rings. The molecule has 6 nitrogen and oxygen atoms in total. The molecule has 0 aromatic heterocycles. The Hall–Kier alpha value is -2.33. The topological polar surface area (TPSA) is 92.1 Å². The van der Waals surface area contributed by atoms with E-state index < -0.39 is 6.04 Å². The van der Waals surface area contributed by atoms with Gasteiger partial charge in [0.05, 0.1) is 19.1 Å². The minimum atomic E-state index is -0.470. The van der Waals surface area contributed by atoms with E-state index in [4.69, 9.17) is 10.3 Å². The van der Waals surface area contributed by atoms with Gasteiger partial charge in [0.15, 0.2) is 0 Å². The molecule has 1 aromatic rings. The molecule has 1 fully saturated rings. The van der Waals surface area contributed by atoms with Crippen LogP contribution in [0.1, 0.15) is 49.3 Å². The molecule has 0 radical (unpaired) electrons. The van der Waals surface area contributed by atoms with Gasteiger partial charge >= 0.3 is 5.97 Å². The first kappa shape index (κ1) is 16.0. The minimum absolute atomic E-state index is 0.157. The number of methoxy groups -OCH3 is 1. The lowest BCUT2D eigenvalue weighted by atomic mass is 9.90. The molecule has 2 rings (SSSR count). The number of carbonyl (C=O) groups excluding carboxylic acids is 2. The second-order valence-electron chi connectivity index (χ2n) is 5.53. The number of carbonyl (C=O) groups is 2. The second kappa shape index (κ2) is 7.09. The van der Waals surface area contributed by atoms with Crippen LogP contribution in [0.5, 0.6) is 0 Å². The highest BCUT2D eigenvalue weighted by Crippen LogP contribution is 2.36. The Morgan fingerprint density at radius 2 is 2.00 bits per heavy atom. The average molecular weight is 301 g/mol. The molecule has 0 amide bonds. The first-order valence-electron chi connectivity index (χ1n) is 7.33. The summed E-state index contributed by atoms with van der Waals surface area (Å²) in [5.74, 6) is -0.736.